The molecule has 6 nitrogen and oxygen atoms in total. The van der Waals surface area contributed by atoms with E-state index < -0.39 is 17.9 Å². The largest absolute Gasteiger partial charge is 0.481 e. The molecule has 0 bridgehead atoms. The van der Waals surface area contributed by atoms with E-state index in [0.717, 1.165) is 0 Å². The molecule has 6 heteroatoms. The Morgan fingerprint density at radius 1 is 1.54 bits per heavy atom. The first kappa shape index (κ1) is 11.4. The number of carboxylic acids is 1. The van der Waals surface area contributed by atoms with Crippen LogP contribution >= 0.6 is 0 Å². The first-order valence-corrected chi connectivity index (χ1v) is 3.78. The molecule has 0 heterocycles. The smallest absolute Gasteiger partial charge is 0.303 e. The number of rotatable bonds is 7. The second-order valence-corrected chi connectivity index (χ2v) is 2.53. The summed E-state index contributed by atoms with van der Waals surface area (Å²) in [4.78, 5) is 30.7. The predicted molar refractivity (Wildman–Crippen MR) is 43.7 cm³/mol. The van der Waals surface area contributed by atoms with E-state index in [-0.39, 0.29) is 12.8 Å². The zero-order chi connectivity index (χ0) is 10.3. The fraction of sp³-hybridized carbons (Fsp3) is 0.571. The average molecular weight is 188 g/mol. The van der Waals surface area contributed by atoms with Gasteiger partial charge in [0.15, 0.2) is 0 Å². The third-order valence-electron chi connectivity index (χ3n) is 1.50. The summed E-state index contributed by atoms with van der Waals surface area (Å²) in [6, 6.07) is -0.767. The summed E-state index contributed by atoms with van der Waals surface area (Å²) in [5.74, 6) is -1.59. The Labute approximate surface area is 75.1 Å². The highest BCUT2D eigenvalue weighted by atomic mass is 16.4. The lowest BCUT2D eigenvalue weighted by atomic mass is 10.1. The molecule has 0 spiro atoms. The molecule has 0 aromatic carbocycles. The van der Waals surface area contributed by atoms with Gasteiger partial charge < -0.3 is 16.2 Å². The Balaban J connectivity index is 3.75. The number of hydrogen-bond donors (Lipinski definition) is 3. The lowest BCUT2D eigenvalue weighted by molar-refractivity contribution is -0.137. The average Bonchev–Trinajstić information content (AvgIpc) is 2.02. The Morgan fingerprint density at radius 2 is 2.15 bits per heavy atom. The van der Waals surface area contributed by atoms with Gasteiger partial charge in [-0.05, 0) is 12.8 Å². The monoisotopic (exact) mass is 188 g/mol. The van der Waals surface area contributed by atoms with Crippen molar-refractivity contribution >= 4 is 18.3 Å². The summed E-state index contributed by atoms with van der Waals surface area (Å²) >= 11 is 0. The molecule has 74 valence electrons. The Bertz CT molecular complexity index is 205. The first-order valence-electron chi connectivity index (χ1n) is 3.78. The van der Waals surface area contributed by atoms with Crippen LogP contribution in [0.15, 0.2) is 0 Å². The Kier molecular flexibility index (Phi) is 5.25. The summed E-state index contributed by atoms with van der Waals surface area (Å²) in [7, 11) is 0. The molecule has 1 unspecified atom stereocenters. The van der Waals surface area contributed by atoms with Crippen molar-refractivity contribution < 1.29 is 19.5 Å². The highest BCUT2D eigenvalue weighted by molar-refractivity contribution is 5.81. The molecular formula is C7H12N2O4. The van der Waals surface area contributed by atoms with Crippen molar-refractivity contribution in [2.45, 2.75) is 25.3 Å². The summed E-state index contributed by atoms with van der Waals surface area (Å²) in [6.45, 7) is 0. The van der Waals surface area contributed by atoms with Crippen molar-refractivity contribution in [1.82, 2.24) is 5.32 Å². The minimum Gasteiger partial charge on any atom is -0.481 e. The fourth-order valence-electron chi connectivity index (χ4n) is 0.847. The number of nitrogens with one attached hydrogen (secondary N) is 1. The van der Waals surface area contributed by atoms with Crippen LogP contribution in [-0.4, -0.2) is 29.4 Å². The van der Waals surface area contributed by atoms with Gasteiger partial charge in [0.1, 0.15) is 6.04 Å². The molecule has 0 aliphatic heterocycles. The molecule has 1 atom stereocenters. The Hall–Kier alpha value is -1.59. The molecule has 2 amide bonds. The van der Waals surface area contributed by atoms with Gasteiger partial charge in [-0.2, -0.15) is 0 Å². The molecule has 4 N–H and O–H groups in total. The van der Waals surface area contributed by atoms with Crippen molar-refractivity contribution in [3.05, 3.63) is 0 Å². The summed E-state index contributed by atoms with van der Waals surface area (Å²) < 4.78 is 0. The van der Waals surface area contributed by atoms with Crippen molar-refractivity contribution in [1.29, 1.82) is 0 Å². The van der Waals surface area contributed by atoms with Crippen LogP contribution < -0.4 is 11.1 Å². The number of amides is 2. The first-order chi connectivity index (χ1) is 6.07. The van der Waals surface area contributed by atoms with Gasteiger partial charge >= 0.3 is 5.97 Å². The van der Waals surface area contributed by atoms with Crippen molar-refractivity contribution in [3.63, 3.8) is 0 Å². The van der Waals surface area contributed by atoms with Crippen LogP contribution in [0.4, 0.5) is 0 Å². The van der Waals surface area contributed by atoms with E-state index in [9.17, 15) is 14.4 Å². The molecule has 0 saturated carbocycles. The van der Waals surface area contributed by atoms with Gasteiger partial charge in [-0.1, -0.05) is 0 Å². The van der Waals surface area contributed by atoms with Gasteiger partial charge in [0, 0.05) is 6.42 Å². The second-order valence-electron chi connectivity index (χ2n) is 2.53. The Morgan fingerprint density at radius 3 is 2.54 bits per heavy atom. The maximum absolute atomic E-state index is 10.6. The van der Waals surface area contributed by atoms with Crippen LogP contribution in [0.25, 0.3) is 0 Å². The predicted octanol–water partition coefficient (Wildman–Crippen LogP) is -1.16. The third-order valence-corrected chi connectivity index (χ3v) is 1.50. The summed E-state index contributed by atoms with van der Waals surface area (Å²) in [6.07, 6.45) is 0.894. The van der Waals surface area contributed by atoms with Crippen LogP contribution in [0.3, 0.4) is 0 Å². The van der Waals surface area contributed by atoms with Crippen molar-refractivity contribution in [2.24, 2.45) is 5.73 Å². The fourth-order valence-corrected chi connectivity index (χ4v) is 0.847. The van der Waals surface area contributed by atoms with E-state index >= 15 is 0 Å². The molecule has 0 aromatic heterocycles. The SMILES string of the molecule is NC(=O)C(CCCC(=O)O)NC=O. The molecule has 13 heavy (non-hydrogen) atoms. The normalized spacial score (nSPS) is 11.7. The summed E-state index contributed by atoms with van der Waals surface area (Å²) in [5.41, 5.74) is 4.93. The number of primary amides is 1. The van der Waals surface area contributed by atoms with E-state index in [4.69, 9.17) is 10.8 Å². The maximum atomic E-state index is 10.6. The zero-order valence-corrected chi connectivity index (χ0v) is 7.03. The quantitative estimate of drug-likeness (QED) is 0.438. The number of carboxylic acid groups (broad SMARTS) is 1. The molecule has 0 aliphatic carbocycles. The number of hydrogen-bond acceptors (Lipinski definition) is 3. The lowest BCUT2D eigenvalue weighted by Crippen LogP contribution is -2.40. The topological polar surface area (TPSA) is 109 Å². The van der Waals surface area contributed by atoms with Crippen LogP contribution in [0.2, 0.25) is 0 Å². The number of carbonyl (C=O) groups is 3. The van der Waals surface area contributed by atoms with Gasteiger partial charge in [0.2, 0.25) is 12.3 Å². The standard InChI is InChI=1S/C7H12N2O4/c8-7(13)5(9-4-10)2-1-3-6(11)12/h4-5H,1-3H2,(H2,8,13)(H,9,10)(H,11,12). The van der Waals surface area contributed by atoms with E-state index in [0.29, 0.717) is 12.8 Å². The van der Waals surface area contributed by atoms with E-state index in [2.05, 4.69) is 5.32 Å². The van der Waals surface area contributed by atoms with E-state index in [1.54, 1.807) is 0 Å². The lowest BCUT2D eigenvalue weighted by Gasteiger charge is -2.10. The number of nitrogens with two attached hydrogens (primary N) is 1. The third kappa shape index (κ3) is 5.66. The molecule has 0 fully saturated rings. The van der Waals surface area contributed by atoms with Crippen molar-refractivity contribution in [3.8, 4) is 0 Å². The van der Waals surface area contributed by atoms with Gasteiger partial charge in [-0.25, -0.2) is 0 Å². The zero-order valence-electron chi connectivity index (χ0n) is 7.03. The molecule has 0 rings (SSSR count). The summed E-state index contributed by atoms with van der Waals surface area (Å²) in [5, 5.41) is 10.5. The van der Waals surface area contributed by atoms with Gasteiger partial charge in [-0.3, -0.25) is 14.4 Å². The van der Waals surface area contributed by atoms with Crippen LogP contribution in [0.1, 0.15) is 19.3 Å². The molecule has 0 saturated heterocycles. The molecule has 0 aromatic rings. The molecule has 0 aliphatic rings. The minimum atomic E-state index is -0.936. The minimum absolute atomic E-state index is 0.0374. The maximum Gasteiger partial charge on any atom is 0.303 e. The van der Waals surface area contributed by atoms with Crippen LogP contribution in [-0.2, 0) is 14.4 Å². The molecular weight excluding hydrogens is 176 g/mol. The van der Waals surface area contributed by atoms with Crippen LogP contribution in [0, 0.1) is 0 Å². The van der Waals surface area contributed by atoms with Gasteiger partial charge in [0.05, 0.1) is 0 Å². The second kappa shape index (κ2) is 5.99. The highest BCUT2D eigenvalue weighted by Gasteiger charge is 2.13. The number of aliphatic carboxylic acids is 1. The number of carbonyl (C=O) groups excluding carboxylic acids is 2. The van der Waals surface area contributed by atoms with Crippen LogP contribution in [0.5, 0.6) is 0 Å². The van der Waals surface area contributed by atoms with Crippen molar-refractivity contribution in [2.75, 3.05) is 0 Å². The van der Waals surface area contributed by atoms with E-state index in [1.807, 2.05) is 0 Å². The molecule has 0 radical (unpaired) electrons. The highest BCUT2D eigenvalue weighted by Crippen LogP contribution is 1.99. The van der Waals surface area contributed by atoms with E-state index in [1.165, 1.54) is 0 Å². The van der Waals surface area contributed by atoms with Gasteiger partial charge in [-0.15, -0.1) is 0 Å². The van der Waals surface area contributed by atoms with Gasteiger partial charge in [0.25, 0.3) is 0 Å².